The molecule has 1 aromatic heterocycles. The molecule has 0 aliphatic heterocycles. The Morgan fingerprint density at radius 2 is 2.00 bits per heavy atom. The topological polar surface area (TPSA) is 112 Å². The summed E-state index contributed by atoms with van der Waals surface area (Å²) in [6.07, 6.45) is -0.693. The number of aromatic nitrogens is 1. The van der Waals surface area contributed by atoms with E-state index in [9.17, 15) is 9.90 Å². The molecule has 0 aliphatic rings. The Morgan fingerprint density at radius 3 is 2.68 bits per heavy atom. The summed E-state index contributed by atoms with van der Waals surface area (Å²) in [5, 5.41) is 16.1. The van der Waals surface area contributed by atoms with Gasteiger partial charge in [0.15, 0.2) is 0 Å². The number of benzene rings is 2. The number of rotatable bonds is 8. The number of anilines is 2. The van der Waals surface area contributed by atoms with Crippen molar-refractivity contribution in [2.75, 3.05) is 11.9 Å². The maximum atomic E-state index is 12.2. The fourth-order valence-corrected chi connectivity index (χ4v) is 3.52. The van der Waals surface area contributed by atoms with Gasteiger partial charge in [0.25, 0.3) is 5.56 Å². The summed E-state index contributed by atoms with van der Waals surface area (Å²) in [6.45, 7) is 3.68. The van der Waals surface area contributed by atoms with E-state index in [1.165, 1.54) is 11.5 Å². The van der Waals surface area contributed by atoms with Gasteiger partial charge in [0, 0.05) is 11.7 Å². The van der Waals surface area contributed by atoms with Crippen LogP contribution < -0.4 is 26.7 Å². The molecular formula is C20H24N4O3S. The van der Waals surface area contributed by atoms with Crippen molar-refractivity contribution in [3.63, 3.8) is 0 Å². The number of nitrogens with one attached hydrogen (secondary N) is 3. The molecule has 0 saturated carbocycles. The Morgan fingerprint density at radius 1 is 1.25 bits per heavy atom. The molecule has 0 amide bonds. The number of hydrogen-bond acceptors (Lipinski definition) is 7. The number of aliphatic hydroxyl groups excluding tert-OH is 1. The highest BCUT2D eigenvalue weighted by Gasteiger charge is 2.19. The maximum absolute atomic E-state index is 12.2. The van der Waals surface area contributed by atoms with Crippen LogP contribution in [0.5, 0.6) is 11.5 Å². The van der Waals surface area contributed by atoms with Crippen LogP contribution in [-0.2, 0) is 0 Å². The predicted molar refractivity (Wildman–Crippen MR) is 113 cm³/mol. The van der Waals surface area contributed by atoms with E-state index >= 15 is 0 Å². The first-order valence-electron chi connectivity index (χ1n) is 8.92. The highest BCUT2D eigenvalue weighted by Crippen LogP contribution is 2.30. The third-order valence-electron chi connectivity index (χ3n) is 4.19. The van der Waals surface area contributed by atoms with Crippen molar-refractivity contribution >= 4 is 22.2 Å². The zero-order valence-corrected chi connectivity index (χ0v) is 16.5. The molecule has 2 unspecified atom stereocenters. The molecule has 0 radical (unpaired) electrons. The monoisotopic (exact) mass is 400 g/mol. The van der Waals surface area contributed by atoms with Crippen molar-refractivity contribution in [3.05, 3.63) is 70.0 Å². The molecule has 7 nitrogen and oxygen atoms in total. The third kappa shape index (κ3) is 4.79. The zero-order chi connectivity index (χ0) is 20.1. The average molecular weight is 401 g/mol. The van der Waals surface area contributed by atoms with Gasteiger partial charge in [-0.05, 0) is 61.3 Å². The van der Waals surface area contributed by atoms with Gasteiger partial charge in [-0.1, -0.05) is 18.2 Å². The fraction of sp³-hybridized carbons (Fsp3) is 0.250. The van der Waals surface area contributed by atoms with Crippen molar-refractivity contribution in [2.45, 2.75) is 26.1 Å². The van der Waals surface area contributed by atoms with Crippen LogP contribution in [0.1, 0.15) is 24.2 Å². The van der Waals surface area contributed by atoms with Crippen molar-refractivity contribution in [1.82, 2.24) is 9.69 Å². The Hall–Kier alpha value is -2.65. The number of aliphatic hydroxyl groups is 1. The number of hydrogen-bond donors (Lipinski definition) is 5. The number of H-pyrrole nitrogens is 1. The lowest BCUT2D eigenvalue weighted by Crippen LogP contribution is -2.39. The van der Waals surface area contributed by atoms with Gasteiger partial charge in [0.2, 0.25) is 0 Å². The zero-order valence-electron chi connectivity index (χ0n) is 15.7. The quantitative estimate of drug-likeness (QED) is 0.371. The van der Waals surface area contributed by atoms with Gasteiger partial charge in [0.1, 0.15) is 16.5 Å². The van der Waals surface area contributed by atoms with Crippen molar-refractivity contribution in [1.29, 1.82) is 0 Å². The lowest BCUT2D eigenvalue weighted by Gasteiger charge is -2.18. The average Bonchev–Trinajstić information content (AvgIpc) is 3.05. The van der Waals surface area contributed by atoms with Crippen molar-refractivity contribution in [2.24, 2.45) is 5.73 Å². The van der Waals surface area contributed by atoms with Crippen LogP contribution in [0.2, 0.25) is 0 Å². The van der Waals surface area contributed by atoms with Crippen LogP contribution in [0, 0.1) is 6.92 Å². The molecule has 0 bridgehead atoms. The molecule has 3 rings (SSSR count). The van der Waals surface area contributed by atoms with Gasteiger partial charge in [-0.2, -0.15) is 0 Å². The molecule has 0 saturated heterocycles. The minimum atomic E-state index is -0.693. The Bertz CT molecular complexity index is 971. The summed E-state index contributed by atoms with van der Waals surface area (Å²) >= 11 is 1.18. The second-order valence-electron chi connectivity index (χ2n) is 6.52. The first-order chi connectivity index (χ1) is 13.5. The number of aromatic amines is 1. The summed E-state index contributed by atoms with van der Waals surface area (Å²) in [5.74, 6) is 1.53. The lowest BCUT2D eigenvalue weighted by atomic mass is 10.2. The van der Waals surface area contributed by atoms with E-state index in [4.69, 9.17) is 10.5 Å². The highest BCUT2D eigenvalue weighted by molar-refractivity contribution is 7.10. The van der Waals surface area contributed by atoms with E-state index in [0.717, 1.165) is 22.7 Å². The van der Waals surface area contributed by atoms with Crippen LogP contribution in [0.3, 0.4) is 0 Å². The molecule has 8 heteroatoms. The van der Waals surface area contributed by atoms with Crippen molar-refractivity contribution < 1.29 is 9.84 Å². The summed E-state index contributed by atoms with van der Waals surface area (Å²) in [4.78, 5) is 12.2. The van der Waals surface area contributed by atoms with Crippen LogP contribution in [0.4, 0.5) is 10.7 Å². The Balaban J connectivity index is 1.77. The van der Waals surface area contributed by atoms with E-state index < -0.39 is 6.17 Å². The molecule has 28 heavy (non-hydrogen) atoms. The van der Waals surface area contributed by atoms with Gasteiger partial charge in [-0.3, -0.25) is 14.5 Å². The predicted octanol–water partition coefficient (Wildman–Crippen LogP) is 3.21. The van der Waals surface area contributed by atoms with Gasteiger partial charge < -0.3 is 20.9 Å². The minimum Gasteiger partial charge on any atom is -0.457 e. The molecule has 3 aromatic rings. The molecule has 148 valence electrons. The molecule has 2 atom stereocenters. The number of aryl methyl sites for hydroxylation is 1. The SMILES string of the molecule is Cc1cc(Nc2s[nH]c(=O)c2C(N)NC(C)CO)ccc1Oc1ccccc1. The normalized spacial score (nSPS) is 13.1. The van der Waals surface area contributed by atoms with Gasteiger partial charge >= 0.3 is 0 Å². The Kier molecular flexibility index (Phi) is 6.48. The first-order valence-corrected chi connectivity index (χ1v) is 9.74. The highest BCUT2D eigenvalue weighted by atomic mass is 32.1. The van der Waals surface area contributed by atoms with E-state index in [0.29, 0.717) is 10.6 Å². The van der Waals surface area contributed by atoms with Crippen LogP contribution in [0.25, 0.3) is 0 Å². The van der Waals surface area contributed by atoms with Crippen molar-refractivity contribution in [3.8, 4) is 11.5 Å². The second-order valence-corrected chi connectivity index (χ2v) is 7.34. The molecule has 1 heterocycles. The van der Waals surface area contributed by atoms with Gasteiger partial charge in [-0.25, -0.2) is 0 Å². The van der Waals surface area contributed by atoms with Crippen LogP contribution in [-0.4, -0.2) is 22.1 Å². The summed E-state index contributed by atoms with van der Waals surface area (Å²) in [6, 6.07) is 15.1. The largest absolute Gasteiger partial charge is 0.457 e. The van der Waals surface area contributed by atoms with Crippen LogP contribution >= 0.6 is 11.5 Å². The molecule has 6 N–H and O–H groups in total. The smallest absolute Gasteiger partial charge is 0.266 e. The number of nitrogens with two attached hydrogens (primary N) is 1. The standard InChI is InChI=1S/C20H24N4O3S/c1-12-10-14(8-9-16(12)27-15-6-4-3-5-7-15)23-20-17(19(26)24-28-20)18(21)22-13(2)11-25/h3-10,13,18,22-23,25H,11,21H2,1-2H3,(H,24,26). The summed E-state index contributed by atoms with van der Waals surface area (Å²) in [5.41, 5.74) is 8.04. The summed E-state index contributed by atoms with van der Waals surface area (Å²) in [7, 11) is 0. The van der Waals surface area contributed by atoms with Gasteiger partial charge in [0.05, 0.1) is 18.3 Å². The molecular weight excluding hydrogens is 376 g/mol. The minimum absolute atomic E-state index is 0.0689. The Labute approximate surface area is 167 Å². The molecule has 2 aromatic carbocycles. The lowest BCUT2D eigenvalue weighted by molar-refractivity contribution is 0.241. The van der Waals surface area contributed by atoms with E-state index in [2.05, 4.69) is 15.0 Å². The van der Waals surface area contributed by atoms with Gasteiger partial charge in [-0.15, -0.1) is 0 Å². The van der Waals surface area contributed by atoms with Crippen LogP contribution in [0.15, 0.2) is 53.3 Å². The first kappa shape index (κ1) is 20.1. The molecule has 0 aliphatic carbocycles. The second kappa shape index (κ2) is 9.03. The van der Waals surface area contributed by atoms with E-state index in [-0.39, 0.29) is 18.2 Å². The summed E-state index contributed by atoms with van der Waals surface area (Å²) < 4.78 is 8.61. The molecule has 0 fully saturated rings. The van der Waals surface area contributed by atoms with E-state index in [1.54, 1.807) is 6.92 Å². The fourth-order valence-electron chi connectivity index (χ4n) is 2.72. The number of para-hydroxylation sites is 1. The van der Waals surface area contributed by atoms with E-state index in [1.807, 2.05) is 55.5 Å². The molecule has 0 spiro atoms. The number of ether oxygens (including phenoxy) is 1. The third-order valence-corrected chi connectivity index (χ3v) is 5.00. The maximum Gasteiger partial charge on any atom is 0.266 e.